The van der Waals surface area contributed by atoms with Crippen LogP contribution in [0.1, 0.15) is 0 Å². The normalized spacial score (nSPS) is 8.82. The van der Waals surface area contributed by atoms with E-state index in [0.717, 1.165) is 0 Å². The summed E-state index contributed by atoms with van der Waals surface area (Å²) in [6.45, 7) is 0. The Balaban J connectivity index is 2.74. The van der Waals surface area contributed by atoms with Crippen LogP contribution >= 0.6 is 0 Å². The molecule has 1 aromatic rings. The molecule has 0 bridgehead atoms. The summed E-state index contributed by atoms with van der Waals surface area (Å²) in [5.41, 5.74) is 5.32. The first-order valence-corrected chi connectivity index (χ1v) is 2.95. The minimum Gasteiger partial charge on any atom is -0.291 e. The lowest BCUT2D eigenvalue weighted by Crippen LogP contribution is -1.89. The van der Waals surface area contributed by atoms with Crippen LogP contribution in [0.15, 0.2) is 29.6 Å². The van der Waals surface area contributed by atoms with Crippen LogP contribution in [0.5, 0.6) is 0 Å². The van der Waals surface area contributed by atoms with E-state index in [0.29, 0.717) is 11.4 Å². The molecule has 0 aliphatic carbocycles. The number of hydrogen-bond acceptors (Lipinski definition) is 4. The smallest absolute Gasteiger partial charge is 0.0603 e. The standard InChI is InChI=1S/C6H7N3O2/c10-8-6-3-1-5(2-4-6)7-9-11/h1-4,8,10H,(H,7,11). The molecule has 0 radical (unpaired) electrons. The van der Waals surface area contributed by atoms with E-state index >= 15 is 0 Å². The lowest BCUT2D eigenvalue weighted by molar-refractivity contribution is 0.389. The van der Waals surface area contributed by atoms with Crippen molar-refractivity contribution in [1.29, 1.82) is 0 Å². The molecule has 0 atom stereocenters. The van der Waals surface area contributed by atoms with Gasteiger partial charge in [-0.1, -0.05) is 0 Å². The van der Waals surface area contributed by atoms with Crippen molar-refractivity contribution < 1.29 is 5.21 Å². The lowest BCUT2D eigenvalue weighted by Gasteiger charge is -1.98. The third-order valence-corrected chi connectivity index (χ3v) is 1.19. The summed E-state index contributed by atoms with van der Waals surface area (Å²) in [6.07, 6.45) is 0. The molecule has 1 rings (SSSR count). The monoisotopic (exact) mass is 153 g/mol. The summed E-state index contributed by atoms with van der Waals surface area (Å²) in [5.74, 6) is 0. The Morgan fingerprint density at radius 2 is 1.73 bits per heavy atom. The van der Waals surface area contributed by atoms with Crippen molar-refractivity contribution in [2.24, 2.45) is 5.29 Å². The molecule has 0 saturated heterocycles. The third kappa shape index (κ3) is 1.91. The van der Waals surface area contributed by atoms with Crippen LogP contribution in [0, 0.1) is 4.91 Å². The molecule has 0 unspecified atom stereocenters. The first kappa shape index (κ1) is 7.49. The summed E-state index contributed by atoms with van der Waals surface area (Å²) < 4.78 is 0. The average molecular weight is 153 g/mol. The number of nitrogens with zero attached hydrogens (tertiary/aromatic N) is 1. The van der Waals surface area contributed by atoms with Gasteiger partial charge >= 0.3 is 0 Å². The fourth-order valence-corrected chi connectivity index (χ4v) is 0.672. The van der Waals surface area contributed by atoms with Crippen LogP contribution in [-0.2, 0) is 0 Å². The second-order valence-electron chi connectivity index (χ2n) is 1.89. The number of rotatable bonds is 3. The Morgan fingerprint density at radius 3 is 2.18 bits per heavy atom. The number of hydrogen-bond donors (Lipinski definition) is 3. The van der Waals surface area contributed by atoms with Crippen LogP contribution in [0.3, 0.4) is 0 Å². The summed E-state index contributed by atoms with van der Waals surface area (Å²) >= 11 is 0. The van der Waals surface area contributed by atoms with Gasteiger partial charge in [-0.05, 0) is 24.3 Å². The molecule has 3 N–H and O–H groups in total. The molecule has 1 aromatic carbocycles. The van der Waals surface area contributed by atoms with E-state index < -0.39 is 0 Å². The van der Waals surface area contributed by atoms with Gasteiger partial charge in [0, 0.05) is 0 Å². The van der Waals surface area contributed by atoms with Crippen LogP contribution < -0.4 is 10.9 Å². The lowest BCUT2D eigenvalue weighted by atomic mass is 10.3. The number of nitroso groups, excluding NO2 is 1. The minimum absolute atomic E-state index is 0.557. The van der Waals surface area contributed by atoms with Gasteiger partial charge in [-0.2, -0.15) is 0 Å². The molecule has 5 nitrogen and oxygen atoms in total. The maximum atomic E-state index is 9.70. The van der Waals surface area contributed by atoms with Crippen molar-refractivity contribution in [2.45, 2.75) is 0 Å². The van der Waals surface area contributed by atoms with Crippen molar-refractivity contribution in [2.75, 3.05) is 10.9 Å². The number of nitrogens with one attached hydrogen (secondary N) is 2. The van der Waals surface area contributed by atoms with Crippen molar-refractivity contribution in [3.05, 3.63) is 29.2 Å². The number of benzene rings is 1. The van der Waals surface area contributed by atoms with Gasteiger partial charge in [0.15, 0.2) is 0 Å². The molecule has 0 fully saturated rings. The second-order valence-corrected chi connectivity index (χ2v) is 1.89. The van der Waals surface area contributed by atoms with Gasteiger partial charge in [-0.25, -0.2) is 5.43 Å². The Hall–Kier alpha value is -1.62. The highest BCUT2D eigenvalue weighted by Gasteiger charge is 1.90. The Kier molecular flexibility index (Phi) is 2.40. The summed E-state index contributed by atoms with van der Waals surface area (Å²) in [7, 11) is 0. The third-order valence-electron chi connectivity index (χ3n) is 1.19. The van der Waals surface area contributed by atoms with Gasteiger partial charge in [0.1, 0.15) is 0 Å². The van der Waals surface area contributed by atoms with E-state index in [9.17, 15) is 4.91 Å². The van der Waals surface area contributed by atoms with E-state index in [4.69, 9.17) is 5.21 Å². The molecule has 11 heavy (non-hydrogen) atoms. The topological polar surface area (TPSA) is 73.7 Å². The van der Waals surface area contributed by atoms with Gasteiger partial charge in [0.2, 0.25) is 0 Å². The van der Waals surface area contributed by atoms with Gasteiger partial charge in [-0.15, -0.1) is 4.91 Å². The SMILES string of the molecule is O=NNc1ccc(NO)cc1. The highest BCUT2D eigenvalue weighted by Crippen LogP contribution is 2.11. The molecule has 0 aromatic heterocycles. The summed E-state index contributed by atoms with van der Waals surface area (Å²) in [6, 6.07) is 6.43. The predicted octanol–water partition coefficient (Wildman–Crippen LogP) is 1.58. The van der Waals surface area contributed by atoms with Crippen LogP contribution in [0.25, 0.3) is 0 Å². The van der Waals surface area contributed by atoms with Gasteiger partial charge in [-0.3, -0.25) is 10.7 Å². The first-order valence-electron chi connectivity index (χ1n) is 2.95. The van der Waals surface area contributed by atoms with Crippen molar-refractivity contribution in [3.8, 4) is 0 Å². The zero-order valence-electron chi connectivity index (χ0n) is 5.61. The van der Waals surface area contributed by atoms with Crippen molar-refractivity contribution in [1.82, 2.24) is 0 Å². The fraction of sp³-hybridized carbons (Fsp3) is 0. The number of anilines is 2. The van der Waals surface area contributed by atoms with E-state index in [1.807, 2.05) is 5.48 Å². The Bertz CT molecular complexity index is 234. The van der Waals surface area contributed by atoms with Crippen molar-refractivity contribution >= 4 is 11.4 Å². The highest BCUT2D eigenvalue weighted by atomic mass is 16.5. The Morgan fingerprint density at radius 1 is 1.18 bits per heavy atom. The zero-order chi connectivity index (χ0) is 8.10. The average Bonchev–Trinajstić information content (AvgIpc) is 2.07. The molecule has 5 heteroatoms. The molecular weight excluding hydrogens is 146 g/mol. The van der Waals surface area contributed by atoms with Crippen LogP contribution in [0.2, 0.25) is 0 Å². The first-order chi connectivity index (χ1) is 5.36. The van der Waals surface area contributed by atoms with E-state index in [-0.39, 0.29) is 0 Å². The maximum Gasteiger partial charge on any atom is 0.0603 e. The van der Waals surface area contributed by atoms with Gasteiger partial charge < -0.3 is 0 Å². The molecule has 0 spiro atoms. The molecule has 0 saturated carbocycles. The summed E-state index contributed by atoms with van der Waals surface area (Å²) in [4.78, 5) is 9.70. The molecule has 0 heterocycles. The van der Waals surface area contributed by atoms with E-state index in [1.165, 1.54) is 0 Å². The van der Waals surface area contributed by atoms with Gasteiger partial charge in [0.25, 0.3) is 0 Å². The van der Waals surface area contributed by atoms with E-state index in [1.54, 1.807) is 24.3 Å². The molecule has 0 aliphatic rings. The Labute approximate surface area is 62.9 Å². The molecular formula is C6H7N3O2. The van der Waals surface area contributed by atoms with E-state index in [2.05, 4.69) is 10.7 Å². The molecule has 0 amide bonds. The van der Waals surface area contributed by atoms with Gasteiger partial charge in [0.05, 0.1) is 16.7 Å². The highest BCUT2D eigenvalue weighted by molar-refractivity contribution is 5.51. The van der Waals surface area contributed by atoms with Crippen LogP contribution in [0.4, 0.5) is 11.4 Å². The van der Waals surface area contributed by atoms with Crippen LogP contribution in [-0.4, -0.2) is 5.21 Å². The predicted molar refractivity (Wildman–Crippen MR) is 41.3 cm³/mol. The quantitative estimate of drug-likeness (QED) is 0.455. The second kappa shape index (κ2) is 3.52. The molecule has 58 valence electrons. The molecule has 0 aliphatic heterocycles. The van der Waals surface area contributed by atoms with Crippen molar-refractivity contribution in [3.63, 3.8) is 0 Å². The summed E-state index contributed by atoms with van der Waals surface area (Å²) in [5, 5.41) is 10.9. The largest absolute Gasteiger partial charge is 0.291 e. The zero-order valence-corrected chi connectivity index (χ0v) is 5.61. The fourth-order valence-electron chi connectivity index (χ4n) is 0.672. The maximum absolute atomic E-state index is 9.70. The minimum atomic E-state index is 0.557.